The van der Waals surface area contributed by atoms with Crippen LogP contribution >= 0.6 is 0 Å². The Kier molecular flexibility index (Phi) is 3.72. The molecule has 1 atom stereocenters. The summed E-state index contributed by atoms with van der Waals surface area (Å²) < 4.78 is 18.7. The molecule has 0 bridgehead atoms. The normalized spacial score (nSPS) is 20.0. The van der Waals surface area contributed by atoms with Gasteiger partial charge in [-0.15, -0.1) is 0 Å². The van der Waals surface area contributed by atoms with Crippen LogP contribution < -0.4 is 10.1 Å². The lowest BCUT2D eigenvalue weighted by Gasteiger charge is -2.12. The van der Waals surface area contributed by atoms with Crippen molar-refractivity contribution < 1.29 is 9.13 Å². The van der Waals surface area contributed by atoms with E-state index in [4.69, 9.17) is 4.74 Å². The molecule has 1 aliphatic heterocycles. The van der Waals surface area contributed by atoms with Crippen LogP contribution in [0.2, 0.25) is 0 Å². The maximum atomic E-state index is 13.1. The van der Waals surface area contributed by atoms with E-state index in [2.05, 4.69) is 10.3 Å². The Morgan fingerprint density at radius 2 is 2.50 bits per heavy atom. The van der Waals surface area contributed by atoms with Gasteiger partial charge in [0.2, 0.25) is 5.95 Å². The van der Waals surface area contributed by atoms with Gasteiger partial charge in [-0.1, -0.05) is 6.92 Å². The molecular weight excluding hydrogens is 207 g/mol. The van der Waals surface area contributed by atoms with Gasteiger partial charge in [0, 0.05) is 11.6 Å². The number of ether oxygens (including phenoxy) is 1. The molecule has 1 aliphatic rings. The smallest absolute Gasteiger partial charge is 0.216 e. The van der Waals surface area contributed by atoms with Crippen molar-refractivity contribution in [2.45, 2.75) is 32.2 Å². The molecule has 0 spiro atoms. The van der Waals surface area contributed by atoms with Crippen LogP contribution in [0.5, 0.6) is 5.75 Å². The summed E-state index contributed by atoms with van der Waals surface area (Å²) in [6.07, 6.45) is 4.44. The first-order valence-electron chi connectivity index (χ1n) is 5.80. The van der Waals surface area contributed by atoms with Crippen molar-refractivity contribution in [1.82, 2.24) is 10.3 Å². The molecule has 1 saturated heterocycles. The van der Waals surface area contributed by atoms with Crippen molar-refractivity contribution in [3.8, 4) is 5.75 Å². The monoisotopic (exact) mass is 224 g/mol. The van der Waals surface area contributed by atoms with Crippen molar-refractivity contribution >= 4 is 0 Å². The summed E-state index contributed by atoms with van der Waals surface area (Å²) in [6.45, 7) is 3.61. The molecule has 16 heavy (non-hydrogen) atoms. The third-order valence-electron chi connectivity index (χ3n) is 2.88. The van der Waals surface area contributed by atoms with Gasteiger partial charge in [0.25, 0.3) is 0 Å². The quantitative estimate of drug-likeness (QED) is 0.793. The van der Waals surface area contributed by atoms with Gasteiger partial charge in [0.1, 0.15) is 12.4 Å². The lowest BCUT2D eigenvalue weighted by Crippen LogP contribution is -2.28. The van der Waals surface area contributed by atoms with Crippen LogP contribution in [0.1, 0.15) is 25.3 Å². The van der Waals surface area contributed by atoms with Crippen LogP contribution in [0.4, 0.5) is 4.39 Å². The van der Waals surface area contributed by atoms with Crippen LogP contribution in [0.15, 0.2) is 12.3 Å². The molecule has 4 heteroatoms. The summed E-state index contributed by atoms with van der Waals surface area (Å²) in [4.78, 5) is 3.68. The van der Waals surface area contributed by atoms with E-state index >= 15 is 0 Å². The van der Waals surface area contributed by atoms with E-state index in [9.17, 15) is 4.39 Å². The minimum atomic E-state index is -0.395. The molecule has 2 rings (SSSR count). The lowest BCUT2D eigenvalue weighted by atomic mass is 10.2. The molecule has 1 fully saturated rings. The van der Waals surface area contributed by atoms with Gasteiger partial charge in [0.05, 0.1) is 6.20 Å². The molecule has 0 amide bonds. The van der Waals surface area contributed by atoms with Gasteiger partial charge in [-0.3, -0.25) is 0 Å². The maximum absolute atomic E-state index is 13.1. The van der Waals surface area contributed by atoms with Crippen molar-refractivity contribution in [3.05, 3.63) is 23.8 Å². The second kappa shape index (κ2) is 5.25. The van der Waals surface area contributed by atoms with Crippen LogP contribution in [-0.2, 0) is 6.42 Å². The number of hydrogen-bond donors (Lipinski definition) is 1. The number of aryl methyl sites for hydroxylation is 1. The minimum absolute atomic E-state index is 0.395. The molecule has 1 aromatic rings. The van der Waals surface area contributed by atoms with Crippen molar-refractivity contribution in [3.63, 3.8) is 0 Å². The van der Waals surface area contributed by atoms with E-state index in [1.165, 1.54) is 12.6 Å². The van der Waals surface area contributed by atoms with E-state index < -0.39 is 5.95 Å². The van der Waals surface area contributed by atoms with Gasteiger partial charge >= 0.3 is 0 Å². The SMILES string of the molecule is CCc1cc(OCC2CCCN2)cnc1F. The molecule has 2 heterocycles. The average molecular weight is 224 g/mol. The molecule has 0 radical (unpaired) electrons. The van der Waals surface area contributed by atoms with Gasteiger partial charge < -0.3 is 10.1 Å². The molecule has 88 valence electrons. The zero-order valence-electron chi connectivity index (χ0n) is 9.50. The van der Waals surface area contributed by atoms with E-state index in [1.54, 1.807) is 6.07 Å². The Morgan fingerprint density at radius 3 is 3.19 bits per heavy atom. The van der Waals surface area contributed by atoms with Gasteiger partial charge in [-0.2, -0.15) is 4.39 Å². The van der Waals surface area contributed by atoms with Crippen LogP contribution in [0.25, 0.3) is 0 Å². The topological polar surface area (TPSA) is 34.1 Å². The van der Waals surface area contributed by atoms with Gasteiger partial charge in [0.15, 0.2) is 0 Å². The molecular formula is C12H17FN2O. The van der Waals surface area contributed by atoms with Crippen molar-refractivity contribution in [2.75, 3.05) is 13.2 Å². The zero-order valence-corrected chi connectivity index (χ0v) is 9.50. The van der Waals surface area contributed by atoms with Gasteiger partial charge in [-0.25, -0.2) is 4.98 Å². The van der Waals surface area contributed by atoms with E-state index in [1.807, 2.05) is 6.92 Å². The Morgan fingerprint density at radius 1 is 1.62 bits per heavy atom. The molecule has 0 aromatic carbocycles. The molecule has 1 unspecified atom stereocenters. The summed E-state index contributed by atoms with van der Waals surface area (Å²) in [5.74, 6) is 0.265. The standard InChI is InChI=1S/C12H17FN2O/c1-2-9-6-11(7-15-12(9)13)16-8-10-4-3-5-14-10/h6-7,10,14H,2-5,8H2,1H3. The fourth-order valence-corrected chi connectivity index (χ4v) is 1.89. The Hall–Kier alpha value is -1.16. The van der Waals surface area contributed by atoms with Crippen LogP contribution in [-0.4, -0.2) is 24.2 Å². The minimum Gasteiger partial charge on any atom is -0.490 e. The highest BCUT2D eigenvalue weighted by molar-refractivity contribution is 5.24. The Bertz CT molecular complexity index is 351. The first-order chi connectivity index (χ1) is 7.79. The number of halogens is 1. The van der Waals surface area contributed by atoms with E-state index in [0.717, 1.165) is 13.0 Å². The summed E-state index contributed by atoms with van der Waals surface area (Å²) >= 11 is 0. The number of nitrogens with zero attached hydrogens (tertiary/aromatic N) is 1. The number of rotatable bonds is 4. The molecule has 0 saturated carbocycles. The second-order valence-corrected chi connectivity index (χ2v) is 4.08. The highest BCUT2D eigenvalue weighted by Gasteiger charge is 2.14. The molecule has 0 aliphatic carbocycles. The fraction of sp³-hybridized carbons (Fsp3) is 0.583. The predicted octanol–water partition coefficient (Wildman–Crippen LogP) is 1.91. The summed E-state index contributed by atoms with van der Waals surface area (Å²) in [5, 5.41) is 3.35. The molecule has 1 aromatic heterocycles. The molecule has 1 N–H and O–H groups in total. The first-order valence-corrected chi connectivity index (χ1v) is 5.80. The fourth-order valence-electron chi connectivity index (χ4n) is 1.89. The summed E-state index contributed by atoms with van der Waals surface area (Å²) in [7, 11) is 0. The summed E-state index contributed by atoms with van der Waals surface area (Å²) in [5.41, 5.74) is 0.608. The van der Waals surface area contributed by atoms with Crippen LogP contribution in [0, 0.1) is 5.95 Å². The van der Waals surface area contributed by atoms with Crippen molar-refractivity contribution in [2.24, 2.45) is 0 Å². The number of pyridine rings is 1. The highest BCUT2D eigenvalue weighted by atomic mass is 19.1. The van der Waals surface area contributed by atoms with Crippen LogP contribution in [0.3, 0.4) is 0 Å². The third-order valence-corrected chi connectivity index (χ3v) is 2.88. The maximum Gasteiger partial charge on any atom is 0.216 e. The summed E-state index contributed by atoms with van der Waals surface area (Å²) in [6, 6.07) is 2.16. The second-order valence-electron chi connectivity index (χ2n) is 4.08. The Balaban J connectivity index is 1.93. The molecule has 3 nitrogen and oxygen atoms in total. The predicted molar refractivity (Wildman–Crippen MR) is 60.1 cm³/mol. The number of aromatic nitrogens is 1. The first kappa shape index (κ1) is 11.3. The highest BCUT2D eigenvalue weighted by Crippen LogP contribution is 2.16. The average Bonchev–Trinajstić information content (AvgIpc) is 2.81. The van der Waals surface area contributed by atoms with Crippen molar-refractivity contribution in [1.29, 1.82) is 0 Å². The third kappa shape index (κ3) is 2.70. The van der Waals surface area contributed by atoms with E-state index in [-0.39, 0.29) is 0 Å². The van der Waals surface area contributed by atoms with E-state index in [0.29, 0.717) is 30.4 Å². The lowest BCUT2D eigenvalue weighted by molar-refractivity contribution is 0.275. The Labute approximate surface area is 95.0 Å². The number of nitrogens with one attached hydrogen (secondary N) is 1. The largest absolute Gasteiger partial charge is 0.490 e. The zero-order chi connectivity index (χ0) is 11.4. The van der Waals surface area contributed by atoms with Gasteiger partial charge in [-0.05, 0) is 31.9 Å². The number of hydrogen-bond acceptors (Lipinski definition) is 3.